The van der Waals surface area contributed by atoms with Crippen LogP contribution in [0.25, 0.3) is 0 Å². The van der Waals surface area contributed by atoms with Gasteiger partial charge in [-0.2, -0.15) is 0 Å². The molecule has 1 aromatic heterocycles. The number of nitrogens with one attached hydrogen (secondary N) is 1. The van der Waals surface area contributed by atoms with E-state index in [0.717, 1.165) is 12.8 Å². The number of hydrogen-bond acceptors (Lipinski definition) is 4. The molecule has 0 bridgehead atoms. The minimum Gasteiger partial charge on any atom is -0.383 e. The largest absolute Gasteiger partial charge is 0.383 e. The Hall–Kier alpha value is -1.14. The van der Waals surface area contributed by atoms with Gasteiger partial charge in [-0.3, -0.25) is 0 Å². The molecule has 0 aliphatic heterocycles. The van der Waals surface area contributed by atoms with Crippen molar-refractivity contribution in [2.75, 3.05) is 5.73 Å². The Labute approximate surface area is 88.8 Å². The van der Waals surface area contributed by atoms with Gasteiger partial charge in [-0.1, -0.05) is 0 Å². The van der Waals surface area contributed by atoms with Crippen molar-refractivity contribution in [3.63, 3.8) is 0 Å². The lowest BCUT2D eigenvalue weighted by atomic mass is 10.4. The number of sulfonamides is 1. The van der Waals surface area contributed by atoms with Crippen LogP contribution in [0, 0.1) is 0 Å². The number of hydrogen-bond donors (Lipinski definition) is 2. The van der Waals surface area contributed by atoms with Crippen molar-refractivity contribution in [2.45, 2.75) is 30.2 Å². The van der Waals surface area contributed by atoms with Crippen molar-refractivity contribution in [1.29, 1.82) is 0 Å². The minimum atomic E-state index is -3.52. The first-order valence-corrected chi connectivity index (χ1v) is 6.16. The van der Waals surface area contributed by atoms with Crippen LogP contribution in [-0.2, 0) is 10.0 Å². The monoisotopic (exact) mass is 227 g/mol. The van der Waals surface area contributed by atoms with Gasteiger partial charge < -0.3 is 5.73 Å². The van der Waals surface area contributed by atoms with Crippen LogP contribution in [0.4, 0.5) is 5.82 Å². The van der Waals surface area contributed by atoms with Crippen molar-refractivity contribution in [1.82, 2.24) is 9.71 Å². The number of nitrogen functional groups attached to an aromatic ring is 1. The molecule has 1 heterocycles. The predicted molar refractivity (Wildman–Crippen MR) is 56.6 cm³/mol. The third-order valence-corrected chi connectivity index (χ3v) is 4.16. The summed E-state index contributed by atoms with van der Waals surface area (Å²) < 4.78 is 26.4. The fourth-order valence-electron chi connectivity index (χ4n) is 1.30. The topological polar surface area (TPSA) is 85.1 Å². The van der Waals surface area contributed by atoms with Gasteiger partial charge in [0.2, 0.25) is 10.0 Å². The summed E-state index contributed by atoms with van der Waals surface area (Å²) in [5.41, 5.74) is 5.23. The molecule has 5 nitrogen and oxygen atoms in total. The number of nitrogens with two attached hydrogens (primary N) is 1. The van der Waals surface area contributed by atoms with Gasteiger partial charge in [0, 0.05) is 11.7 Å². The Morgan fingerprint density at radius 2 is 2.20 bits per heavy atom. The Kier molecular flexibility index (Phi) is 2.20. The molecular weight excluding hydrogens is 214 g/mol. The Bertz CT molecular complexity index is 480. The van der Waals surface area contributed by atoms with E-state index in [-0.39, 0.29) is 16.3 Å². The van der Waals surface area contributed by atoms with Crippen LogP contribution >= 0.6 is 0 Å². The molecule has 0 atom stereocenters. The maximum atomic E-state index is 11.9. The molecule has 1 aliphatic rings. The molecule has 1 aliphatic carbocycles. The average molecular weight is 227 g/mol. The summed E-state index contributed by atoms with van der Waals surface area (Å²) in [6.45, 7) is 1.87. The van der Waals surface area contributed by atoms with E-state index in [9.17, 15) is 8.42 Å². The second-order valence-electron chi connectivity index (χ2n) is 4.05. The van der Waals surface area contributed by atoms with Crippen LogP contribution < -0.4 is 10.5 Å². The van der Waals surface area contributed by atoms with E-state index in [2.05, 4.69) is 9.71 Å². The van der Waals surface area contributed by atoms with Gasteiger partial charge in [0.05, 0.1) is 0 Å². The molecular formula is C9H13N3O2S. The molecule has 0 radical (unpaired) electrons. The summed E-state index contributed by atoms with van der Waals surface area (Å²) in [6.07, 6.45) is 3.20. The van der Waals surface area contributed by atoms with Crippen LogP contribution in [0.2, 0.25) is 0 Å². The predicted octanol–water partition coefficient (Wildman–Crippen LogP) is 0.495. The fourth-order valence-corrected chi connectivity index (χ4v) is 2.85. The van der Waals surface area contributed by atoms with Crippen LogP contribution in [0.3, 0.4) is 0 Å². The quantitative estimate of drug-likeness (QED) is 0.787. The second-order valence-corrected chi connectivity index (χ2v) is 5.70. The molecule has 1 fully saturated rings. The summed E-state index contributed by atoms with van der Waals surface area (Å²) >= 11 is 0. The lowest BCUT2D eigenvalue weighted by Crippen LogP contribution is -2.34. The zero-order valence-electron chi connectivity index (χ0n) is 8.40. The van der Waals surface area contributed by atoms with E-state index < -0.39 is 10.0 Å². The van der Waals surface area contributed by atoms with E-state index in [0.29, 0.717) is 0 Å². The molecule has 15 heavy (non-hydrogen) atoms. The van der Waals surface area contributed by atoms with E-state index in [1.807, 2.05) is 6.92 Å². The zero-order valence-corrected chi connectivity index (χ0v) is 9.21. The first-order chi connectivity index (χ1) is 6.93. The van der Waals surface area contributed by atoms with Crippen LogP contribution in [0.15, 0.2) is 23.2 Å². The molecule has 0 unspecified atom stereocenters. The molecule has 0 saturated heterocycles. The average Bonchev–Trinajstić information content (AvgIpc) is 2.82. The number of anilines is 1. The molecule has 1 aromatic rings. The van der Waals surface area contributed by atoms with Gasteiger partial charge in [0.1, 0.15) is 10.7 Å². The summed E-state index contributed by atoms with van der Waals surface area (Å²) in [4.78, 5) is 3.81. The molecule has 0 aromatic carbocycles. The van der Waals surface area contributed by atoms with Crippen molar-refractivity contribution in [3.05, 3.63) is 18.3 Å². The molecule has 0 spiro atoms. The highest BCUT2D eigenvalue weighted by Crippen LogP contribution is 2.36. The van der Waals surface area contributed by atoms with Gasteiger partial charge in [0.15, 0.2) is 0 Å². The highest BCUT2D eigenvalue weighted by Gasteiger charge is 2.41. The highest BCUT2D eigenvalue weighted by atomic mass is 32.2. The van der Waals surface area contributed by atoms with Crippen molar-refractivity contribution >= 4 is 15.8 Å². The zero-order chi connectivity index (χ0) is 11.1. The van der Waals surface area contributed by atoms with Gasteiger partial charge in [-0.05, 0) is 31.9 Å². The molecule has 6 heteroatoms. The summed E-state index contributed by atoms with van der Waals surface area (Å²) in [7, 11) is -3.52. The summed E-state index contributed by atoms with van der Waals surface area (Å²) in [5, 5.41) is 0. The maximum absolute atomic E-state index is 11.9. The SMILES string of the molecule is CC1(NS(=O)(=O)c2cccnc2N)CC1. The normalized spacial score (nSPS) is 18.7. The summed E-state index contributed by atoms with van der Waals surface area (Å²) in [6, 6.07) is 3.01. The Morgan fingerprint density at radius 1 is 1.53 bits per heavy atom. The molecule has 1 saturated carbocycles. The molecule has 3 N–H and O–H groups in total. The van der Waals surface area contributed by atoms with Crippen LogP contribution in [0.1, 0.15) is 19.8 Å². The third kappa shape index (κ3) is 2.10. The van der Waals surface area contributed by atoms with E-state index >= 15 is 0 Å². The smallest absolute Gasteiger partial charge is 0.244 e. The van der Waals surface area contributed by atoms with E-state index in [1.54, 1.807) is 6.07 Å². The fraction of sp³-hybridized carbons (Fsp3) is 0.444. The number of aromatic nitrogens is 1. The first kappa shape index (κ1) is 10.4. The number of rotatable bonds is 3. The summed E-state index contributed by atoms with van der Waals surface area (Å²) in [5.74, 6) is 0.0363. The van der Waals surface area contributed by atoms with Gasteiger partial charge in [-0.15, -0.1) is 0 Å². The Morgan fingerprint density at radius 3 is 2.73 bits per heavy atom. The van der Waals surface area contributed by atoms with Gasteiger partial charge in [0.25, 0.3) is 0 Å². The standard InChI is InChI=1S/C9H13N3O2S/c1-9(4-5-9)12-15(13,14)7-3-2-6-11-8(7)10/h2-3,6,12H,4-5H2,1H3,(H2,10,11). The van der Waals surface area contributed by atoms with Crippen molar-refractivity contribution < 1.29 is 8.42 Å². The number of nitrogens with zero attached hydrogens (tertiary/aromatic N) is 1. The van der Waals surface area contributed by atoms with Crippen LogP contribution in [-0.4, -0.2) is 18.9 Å². The lowest BCUT2D eigenvalue weighted by Gasteiger charge is -2.12. The first-order valence-electron chi connectivity index (χ1n) is 4.67. The third-order valence-electron chi connectivity index (χ3n) is 2.47. The maximum Gasteiger partial charge on any atom is 0.244 e. The van der Waals surface area contributed by atoms with Gasteiger partial charge in [-0.25, -0.2) is 18.1 Å². The highest BCUT2D eigenvalue weighted by molar-refractivity contribution is 7.89. The molecule has 2 rings (SSSR count). The van der Waals surface area contributed by atoms with Crippen molar-refractivity contribution in [3.8, 4) is 0 Å². The Balaban J connectivity index is 2.33. The minimum absolute atomic E-state index is 0.0363. The van der Waals surface area contributed by atoms with E-state index in [4.69, 9.17) is 5.73 Å². The lowest BCUT2D eigenvalue weighted by molar-refractivity contribution is 0.558. The van der Waals surface area contributed by atoms with Crippen LogP contribution in [0.5, 0.6) is 0 Å². The molecule has 82 valence electrons. The van der Waals surface area contributed by atoms with Gasteiger partial charge >= 0.3 is 0 Å². The molecule has 0 amide bonds. The van der Waals surface area contributed by atoms with Crippen molar-refractivity contribution in [2.24, 2.45) is 0 Å². The second kappa shape index (κ2) is 3.18. The van der Waals surface area contributed by atoms with E-state index in [1.165, 1.54) is 12.3 Å². The number of pyridine rings is 1.